The van der Waals surface area contributed by atoms with Gasteiger partial charge < -0.3 is 11.1 Å². The van der Waals surface area contributed by atoms with Gasteiger partial charge in [0.05, 0.1) is 5.70 Å². The summed E-state index contributed by atoms with van der Waals surface area (Å²) in [5.41, 5.74) is 5.98. The number of hydrogen-bond donors (Lipinski definition) is 2. The molecule has 0 aliphatic rings. The molecular formula is C5H11N3. The van der Waals surface area contributed by atoms with E-state index in [1.165, 1.54) is 6.20 Å². The number of hydrogen-bond acceptors (Lipinski definition) is 3. The number of aliphatic imine (C=N–C) groups is 1. The third kappa shape index (κ3) is 2.23. The lowest BCUT2D eigenvalue weighted by molar-refractivity contribution is 1.05. The maximum absolute atomic E-state index is 5.15. The van der Waals surface area contributed by atoms with Crippen LogP contribution in [0.3, 0.4) is 0 Å². The van der Waals surface area contributed by atoms with Gasteiger partial charge in [0.1, 0.15) is 0 Å². The van der Waals surface area contributed by atoms with E-state index in [4.69, 9.17) is 5.73 Å². The highest BCUT2D eigenvalue weighted by Gasteiger charge is 1.79. The van der Waals surface area contributed by atoms with Crippen molar-refractivity contribution in [2.45, 2.75) is 0 Å². The molecule has 0 aliphatic heterocycles. The predicted octanol–water partition coefficient (Wildman–Crippen LogP) is -0.294. The van der Waals surface area contributed by atoms with Crippen LogP contribution in [-0.2, 0) is 0 Å². The zero-order valence-corrected chi connectivity index (χ0v) is 5.18. The van der Waals surface area contributed by atoms with Crippen molar-refractivity contribution >= 4 is 6.21 Å². The molecule has 0 rings (SSSR count). The van der Waals surface area contributed by atoms with Gasteiger partial charge in [0.2, 0.25) is 0 Å². The molecule has 3 heteroatoms. The van der Waals surface area contributed by atoms with Crippen LogP contribution in [-0.4, -0.2) is 20.3 Å². The second-order valence-electron chi connectivity index (χ2n) is 1.26. The van der Waals surface area contributed by atoms with E-state index >= 15 is 0 Å². The summed E-state index contributed by atoms with van der Waals surface area (Å²) in [6.45, 7) is 0. The second-order valence-corrected chi connectivity index (χ2v) is 1.26. The van der Waals surface area contributed by atoms with Crippen LogP contribution in [0.2, 0.25) is 0 Å². The van der Waals surface area contributed by atoms with Crippen molar-refractivity contribution in [1.29, 1.82) is 0 Å². The number of rotatable bonds is 2. The van der Waals surface area contributed by atoms with Crippen molar-refractivity contribution in [2.75, 3.05) is 14.1 Å². The number of nitrogens with zero attached hydrogens (tertiary/aromatic N) is 1. The van der Waals surface area contributed by atoms with E-state index in [0.29, 0.717) is 0 Å². The molecule has 3 N–H and O–H groups in total. The lowest BCUT2D eigenvalue weighted by Gasteiger charge is -1.93. The van der Waals surface area contributed by atoms with Gasteiger partial charge in [-0.1, -0.05) is 0 Å². The molecule has 0 amide bonds. The maximum Gasteiger partial charge on any atom is 0.0676 e. The van der Waals surface area contributed by atoms with Crippen LogP contribution in [0.15, 0.2) is 16.9 Å². The van der Waals surface area contributed by atoms with E-state index in [1.54, 1.807) is 20.3 Å². The van der Waals surface area contributed by atoms with Crippen molar-refractivity contribution < 1.29 is 0 Å². The SMILES string of the molecule is CN=C/C(=C\N)NC. The number of nitrogens with two attached hydrogens (primary N) is 1. The average molecular weight is 113 g/mol. The summed E-state index contributed by atoms with van der Waals surface area (Å²) in [5, 5.41) is 2.84. The van der Waals surface area contributed by atoms with Gasteiger partial charge in [0, 0.05) is 26.5 Å². The van der Waals surface area contributed by atoms with Crippen molar-refractivity contribution in [3.63, 3.8) is 0 Å². The van der Waals surface area contributed by atoms with Crippen LogP contribution < -0.4 is 11.1 Å². The van der Waals surface area contributed by atoms with E-state index in [2.05, 4.69) is 10.3 Å². The Morgan fingerprint density at radius 3 is 2.50 bits per heavy atom. The van der Waals surface area contributed by atoms with Gasteiger partial charge in [0.25, 0.3) is 0 Å². The summed E-state index contributed by atoms with van der Waals surface area (Å²) in [4.78, 5) is 3.74. The maximum atomic E-state index is 5.15. The molecule has 0 heterocycles. The van der Waals surface area contributed by atoms with Gasteiger partial charge in [-0.3, -0.25) is 4.99 Å². The number of nitrogens with one attached hydrogen (secondary N) is 1. The van der Waals surface area contributed by atoms with Crippen LogP contribution in [0.1, 0.15) is 0 Å². The van der Waals surface area contributed by atoms with Crippen molar-refractivity contribution in [1.82, 2.24) is 5.32 Å². The minimum atomic E-state index is 0.826. The van der Waals surface area contributed by atoms with Gasteiger partial charge in [-0.15, -0.1) is 0 Å². The zero-order chi connectivity index (χ0) is 6.41. The van der Waals surface area contributed by atoms with Gasteiger partial charge in [-0.2, -0.15) is 0 Å². The van der Waals surface area contributed by atoms with E-state index in [-0.39, 0.29) is 0 Å². The highest BCUT2D eigenvalue weighted by Crippen LogP contribution is 1.74. The Hall–Kier alpha value is -0.990. The molecule has 0 radical (unpaired) electrons. The van der Waals surface area contributed by atoms with E-state index in [0.717, 1.165) is 5.70 Å². The van der Waals surface area contributed by atoms with Gasteiger partial charge in [-0.25, -0.2) is 0 Å². The Bertz CT molecular complexity index is 101. The average Bonchev–Trinajstić information content (AvgIpc) is 1.83. The number of allylic oxidation sites excluding steroid dienone is 1. The van der Waals surface area contributed by atoms with Gasteiger partial charge >= 0.3 is 0 Å². The Morgan fingerprint density at radius 1 is 1.75 bits per heavy atom. The molecule has 0 fully saturated rings. The molecule has 0 saturated heterocycles. The van der Waals surface area contributed by atoms with E-state index < -0.39 is 0 Å². The Kier molecular flexibility index (Phi) is 3.66. The molecule has 0 atom stereocenters. The van der Waals surface area contributed by atoms with Crippen molar-refractivity contribution in [3.05, 3.63) is 11.9 Å². The fourth-order valence-corrected chi connectivity index (χ4v) is 0.330. The quantitative estimate of drug-likeness (QED) is 0.483. The minimum Gasteiger partial charge on any atom is -0.403 e. The molecule has 0 aromatic rings. The third-order valence-electron chi connectivity index (χ3n) is 0.736. The fourth-order valence-electron chi connectivity index (χ4n) is 0.330. The molecule has 0 saturated carbocycles. The first-order valence-electron chi connectivity index (χ1n) is 2.37. The highest BCUT2D eigenvalue weighted by atomic mass is 14.9. The van der Waals surface area contributed by atoms with Crippen LogP contribution in [0.25, 0.3) is 0 Å². The monoisotopic (exact) mass is 113 g/mol. The Labute approximate surface area is 49.3 Å². The molecule has 0 aromatic carbocycles. The molecule has 0 aliphatic carbocycles. The summed E-state index contributed by atoms with van der Waals surface area (Å²) in [7, 11) is 3.49. The first kappa shape index (κ1) is 7.01. The van der Waals surface area contributed by atoms with Crippen molar-refractivity contribution in [2.24, 2.45) is 10.7 Å². The first-order valence-corrected chi connectivity index (χ1v) is 2.37. The summed E-state index contributed by atoms with van der Waals surface area (Å²) >= 11 is 0. The van der Waals surface area contributed by atoms with Crippen LogP contribution >= 0.6 is 0 Å². The topological polar surface area (TPSA) is 50.4 Å². The van der Waals surface area contributed by atoms with E-state index in [1.807, 2.05) is 0 Å². The molecule has 46 valence electrons. The summed E-state index contributed by atoms with van der Waals surface area (Å²) in [6, 6.07) is 0. The second kappa shape index (κ2) is 4.18. The molecule has 3 nitrogen and oxygen atoms in total. The summed E-state index contributed by atoms with van der Waals surface area (Å²) < 4.78 is 0. The summed E-state index contributed by atoms with van der Waals surface area (Å²) in [6.07, 6.45) is 3.12. The molecular weight excluding hydrogens is 102 g/mol. The van der Waals surface area contributed by atoms with Crippen LogP contribution in [0.5, 0.6) is 0 Å². The normalized spacial score (nSPS) is 12.5. The third-order valence-corrected chi connectivity index (χ3v) is 0.736. The van der Waals surface area contributed by atoms with Crippen LogP contribution in [0.4, 0.5) is 0 Å². The molecule has 0 aromatic heterocycles. The van der Waals surface area contributed by atoms with Gasteiger partial charge in [-0.05, 0) is 0 Å². The fraction of sp³-hybridized carbons (Fsp3) is 0.400. The lowest BCUT2D eigenvalue weighted by atomic mass is 10.5. The van der Waals surface area contributed by atoms with Crippen LogP contribution in [0, 0.1) is 0 Å². The van der Waals surface area contributed by atoms with Gasteiger partial charge in [0.15, 0.2) is 0 Å². The highest BCUT2D eigenvalue weighted by molar-refractivity contribution is 5.77. The Balaban J connectivity index is 3.72. The molecule has 0 bridgehead atoms. The van der Waals surface area contributed by atoms with Crippen molar-refractivity contribution in [3.8, 4) is 0 Å². The minimum absolute atomic E-state index is 0.826. The molecule has 8 heavy (non-hydrogen) atoms. The summed E-state index contributed by atoms with van der Waals surface area (Å²) in [5.74, 6) is 0. The smallest absolute Gasteiger partial charge is 0.0676 e. The molecule has 0 unspecified atom stereocenters. The zero-order valence-electron chi connectivity index (χ0n) is 5.18. The predicted molar refractivity (Wildman–Crippen MR) is 35.7 cm³/mol. The first-order chi connectivity index (χ1) is 3.85. The lowest BCUT2D eigenvalue weighted by Crippen LogP contribution is -2.08. The largest absolute Gasteiger partial charge is 0.403 e. The molecule has 0 spiro atoms. The standard InChI is InChI=1S/C5H11N3/c1-7-4-5(3-6)8-2/h3-4,8H,6H2,1-2H3/b5-3+,7-4?. The Morgan fingerprint density at radius 2 is 2.38 bits per heavy atom. The van der Waals surface area contributed by atoms with E-state index in [9.17, 15) is 0 Å².